The lowest BCUT2D eigenvalue weighted by atomic mass is 10.1. The standard InChI is InChI=1S/C13H20N2O4S/c1-4-10-6-7-11(8-12(10)14)20(17,18)15(3)9-13(16)19-5-2/h6-8H,4-5,9,14H2,1-3H3. The summed E-state index contributed by atoms with van der Waals surface area (Å²) in [4.78, 5) is 11.4. The highest BCUT2D eigenvalue weighted by atomic mass is 32.2. The molecule has 0 aliphatic carbocycles. The van der Waals surface area contributed by atoms with Crippen molar-refractivity contribution in [2.75, 3.05) is 25.9 Å². The molecule has 0 aliphatic heterocycles. The summed E-state index contributed by atoms with van der Waals surface area (Å²) in [6.07, 6.45) is 0.727. The first kappa shape index (κ1) is 16.5. The van der Waals surface area contributed by atoms with Crippen molar-refractivity contribution >= 4 is 21.7 Å². The largest absolute Gasteiger partial charge is 0.465 e. The lowest BCUT2D eigenvalue weighted by Crippen LogP contribution is -2.33. The molecule has 112 valence electrons. The van der Waals surface area contributed by atoms with E-state index in [9.17, 15) is 13.2 Å². The summed E-state index contributed by atoms with van der Waals surface area (Å²) in [6, 6.07) is 4.59. The normalized spacial score (nSPS) is 11.6. The SMILES string of the molecule is CCOC(=O)CN(C)S(=O)(=O)c1ccc(CC)c(N)c1. The van der Waals surface area contributed by atoms with Gasteiger partial charge in [-0.15, -0.1) is 0 Å². The van der Waals surface area contributed by atoms with Gasteiger partial charge in [0.2, 0.25) is 10.0 Å². The summed E-state index contributed by atoms with van der Waals surface area (Å²) in [5.74, 6) is -0.586. The molecular weight excluding hydrogens is 280 g/mol. The van der Waals surface area contributed by atoms with E-state index in [1.807, 2.05) is 6.92 Å². The van der Waals surface area contributed by atoms with Gasteiger partial charge in [-0.3, -0.25) is 4.79 Å². The quantitative estimate of drug-likeness (QED) is 0.625. The van der Waals surface area contributed by atoms with Crippen LogP contribution in [-0.4, -0.2) is 38.9 Å². The van der Waals surface area contributed by atoms with Gasteiger partial charge in [-0.05, 0) is 31.0 Å². The van der Waals surface area contributed by atoms with Crippen molar-refractivity contribution in [1.29, 1.82) is 0 Å². The number of ether oxygens (including phenoxy) is 1. The Morgan fingerprint density at radius 3 is 2.50 bits per heavy atom. The van der Waals surface area contributed by atoms with Crippen LogP contribution in [0.2, 0.25) is 0 Å². The zero-order valence-corrected chi connectivity index (χ0v) is 12.7. The number of hydrogen-bond donors (Lipinski definition) is 1. The van der Waals surface area contributed by atoms with Gasteiger partial charge in [0.1, 0.15) is 6.54 Å². The predicted molar refractivity (Wildman–Crippen MR) is 76.7 cm³/mol. The van der Waals surface area contributed by atoms with Crippen molar-refractivity contribution in [1.82, 2.24) is 4.31 Å². The average molecular weight is 300 g/mol. The van der Waals surface area contributed by atoms with E-state index < -0.39 is 16.0 Å². The van der Waals surface area contributed by atoms with Crippen LogP contribution in [0.5, 0.6) is 0 Å². The molecule has 0 amide bonds. The Kier molecular flexibility index (Phi) is 5.52. The van der Waals surface area contributed by atoms with E-state index in [0.29, 0.717) is 5.69 Å². The van der Waals surface area contributed by atoms with Crippen LogP contribution < -0.4 is 5.73 Å². The molecular formula is C13H20N2O4S. The monoisotopic (exact) mass is 300 g/mol. The third-order valence-electron chi connectivity index (χ3n) is 2.86. The summed E-state index contributed by atoms with van der Waals surface area (Å²) >= 11 is 0. The van der Waals surface area contributed by atoms with Gasteiger partial charge in [0.05, 0.1) is 11.5 Å². The number of carbonyl (C=O) groups excluding carboxylic acids is 1. The number of carbonyl (C=O) groups is 1. The number of benzene rings is 1. The van der Waals surface area contributed by atoms with E-state index in [0.717, 1.165) is 16.3 Å². The number of anilines is 1. The van der Waals surface area contributed by atoms with Crippen LogP contribution in [0, 0.1) is 0 Å². The molecule has 0 heterocycles. The lowest BCUT2D eigenvalue weighted by molar-refractivity contribution is -0.143. The van der Waals surface area contributed by atoms with E-state index >= 15 is 0 Å². The van der Waals surface area contributed by atoms with Crippen molar-refractivity contribution in [2.24, 2.45) is 0 Å². The molecule has 0 spiro atoms. The number of hydrogen-bond acceptors (Lipinski definition) is 5. The third kappa shape index (κ3) is 3.71. The maximum Gasteiger partial charge on any atom is 0.321 e. The Hall–Kier alpha value is -1.60. The van der Waals surface area contributed by atoms with Crippen LogP contribution in [0.3, 0.4) is 0 Å². The van der Waals surface area contributed by atoms with Gasteiger partial charge < -0.3 is 10.5 Å². The predicted octanol–water partition coefficient (Wildman–Crippen LogP) is 1.01. The third-order valence-corrected chi connectivity index (χ3v) is 4.66. The van der Waals surface area contributed by atoms with Crippen LogP contribution in [0.25, 0.3) is 0 Å². The molecule has 0 saturated carbocycles. The molecule has 0 bridgehead atoms. The Labute approximate surface area is 119 Å². The number of likely N-dealkylation sites (N-methyl/N-ethyl adjacent to an activating group) is 1. The van der Waals surface area contributed by atoms with E-state index in [1.165, 1.54) is 19.2 Å². The highest BCUT2D eigenvalue weighted by Crippen LogP contribution is 2.21. The fourth-order valence-electron chi connectivity index (χ4n) is 1.71. The summed E-state index contributed by atoms with van der Waals surface area (Å²) in [5, 5.41) is 0. The molecule has 20 heavy (non-hydrogen) atoms. The number of rotatable bonds is 6. The van der Waals surface area contributed by atoms with Crippen molar-refractivity contribution in [2.45, 2.75) is 25.2 Å². The first-order chi connectivity index (χ1) is 9.32. The van der Waals surface area contributed by atoms with Gasteiger partial charge in [-0.1, -0.05) is 13.0 Å². The number of aryl methyl sites for hydroxylation is 1. The molecule has 0 fully saturated rings. The molecule has 7 heteroatoms. The molecule has 0 radical (unpaired) electrons. The van der Waals surface area contributed by atoms with Crippen LogP contribution in [0.4, 0.5) is 5.69 Å². The molecule has 0 unspecified atom stereocenters. The minimum atomic E-state index is -3.75. The minimum absolute atomic E-state index is 0.0685. The molecule has 0 aromatic heterocycles. The Balaban J connectivity index is 2.98. The molecule has 1 aromatic rings. The van der Waals surface area contributed by atoms with Gasteiger partial charge in [0.15, 0.2) is 0 Å². The Morgan fingerprint density at radius 1 is 1.35 bits per heavy atom. The maximum atomic E-state index is 12.3. The zero-order chi connectivity index (χ0) is 15.3. The van der Waals surface area contributed by atoms with Crippen molar-refractivity contribution < 1.29 is 17.9 Å². The summed E-state index contributed by atoms with van der Waals surface area (Å²) in [6.45, 7) is 3.49. The van der Waals surface area contributed by atoms with Crippen LogP contribution in [0.1, 0.15) is 19.4 Å². The fourth-order valence-corrected chi connectivity index (χ4v) is 2.86. The number of sulfonamides is 1. The molecule has 1 aromatic carbocycles. The zero-order valence-electron chi connectivity index (χ0n) is 11.9. The van der Waals surface area contributed by atoms with E-state index in [4.69, 9.17) is 10.5 Å². The van der Waals surface area contributed by atoms with Gasteiger partial charge >= 0.3 is 5.97 Å². The van der Waals surface area contributed by atoms with Crippen LogP contribution in [0.15, 0.2) is 23.1 Å². The second-order valence-electron chi connectivity index (χ2n) is 4.28. The average Bonchev–Trinajstić information content (AvgIpc) is 2.38. The minimum Gasteiger partial charge on any atom is -0.465 e. The van der Waals surface area contributed by atoms with Crippen molar-refractivity contribution in [3.05, 3.63) is 23.8 Å². The fraction of sp³-hybridized carbons (Fsp3) is 0.462. The van der Waals surface area contributed by atoms with Gasteiger partial charge in [-0.25, -0.2) is 8.42 Å². The van der Waals surface area contributed by atoms with Crippen LogP contribution in [-0.2, 0) is 26.0 Å². The van der Waals surface area contributed by atoms with Crippen LogP contribution >= 0.6 is 0 Å². The number of esters is 1. The molecule has 2 N–H and O–H groups in total. The maximum absolute atomic E-state index is 12.3. The number of nitrogens with zero attached hydrogens (tertiary/aromatic N) is 1. The van der Waals surface area contributed by atoms with E-state index in [-0.39, 0.29) is 18.0 Å². The summed E-state index contributed by atoms with van der Waals surface area (Å²) in [5.41, 5.74) is 7.12. The molecule has 1 rings (SSSR count). The second kappa shape index (κ2) is 6.71. The van der Waals surface area contributed by atoms with Gasteiger partial charge in [0.25, 0.3) is 0 Å². The molecule has 0 aliphatic rings. The Morgan fingerprint density at radius 2 is 2.00 bits per heavy atom. The highest BCUT2D eigenvalue weighted by molar-refractivity contribution is 7.89. The summed E-state index contributed by atoms with van der Waals surface area (Å²) in [7, 11) is -2.42. The summed E-state index contributed by atoms with van der Waals surface area (Å²) < 4.78 is 30.3. The smallest absolute Gasteiger partial charge is 0.321 e. The van der Waals surface area contributed by atoms with Gasteiger partial charge in [-0.2, -0.15) is 4.31 Å². The Bertz CT molecular complexity index is 584. The molecule has 6 nitrogen and oxygen atoms in total. The van der Waals surface area contributed by atoms with E-state index in [2.05, 4.69) is 0 Å². The number of nitrogen functional groups attached to an aromatic ring is 1. The van der Waals surface area contributed by atoms with Gasteiger partial charge in [0, 0.05) is 12.7 Å². The first-order valence-electron chi connectivity index (χ1n) is 6.33. The van der Waals surface area contributed by atoms with Crippen molar-refractivity contribution in [3.8, 4) is 0 Å². The molecule has 0 saturated heterocycles. The topological polar surface area (TPSA) is 89.7 Å². The second-order valence-corrected chi connectivity index (χ2v) is 6.33. The lowest BCUT2D eigenvalue weighted by Gasteiger charge is -2.17. The number of nitrogens with two attached hydrogens (primary N) is 1. The van der Waals surface area contributed by atoms with Crippen molar-refractivity contribution in [3.63, 3.8) is 0 Å². The van der Waals surface area contributed by atoms with E-state index in [1.54, 1.807) is 13.0 Å². The highest BCUT2D eigenvalue weighted by Gasteiger charge is 2.23. The molecule has 0 atom stereocenters. The first-order valence-corrected chi connectivity index (χ1v) is 7.77.